The Morgan fingerprint density at radius 1 is 1.11 bits per heavy atom. The van der Waals surface area contributed by atoms with Crippen LogP contribution in [0.4, 0.5) is 0 Å². The highest BCUT2D eigenvalue weighted by Crippen LogP contribution is 2.33. The van der Waals surface area contributed by atoms with Crippen molar-refractivity contribution in [3.8, 4) is 11.3 Å². The van der Waals surface area contributed by atoms with Crippen molar-refractivity contribution in [3.63, 3.8) is 0 Å². The summed E-state index contributed by atoms with van der Waals surface area (Å²) in [6.45, 7) is 8.67. The quantitative estimate of drug-likeness (QED) is 0.916. The lowest BCUT2D eigenvalue weighted by atomic mass is 9.97. The van der Waals surface area contributed by atoms with E-state index in [9.17, 15) is 0 Å². The van der Waals surface area contributed by atoms with Crippen LogP contribution in [-0.4, -0.2) is 16.7 Å². The van der Waals surface area contributed by atoms with Crippen LogP contribution in [0.1, 0.15) is 26.6 Å². The first-order valence-electron chi connectivity index (χ1n) is 6.18. The number of benzene rings is 1. The van der Waals surface area contributed by atoms with E-state index in [0.29, 0.717) is 6.42 Å². The molecule has 0 radical (unpaired) electrons. The largest absolute Gasteiger partial charge is 0.396 e. The minimum Gasteiger partial charge on any atom is -0.396 e. The van der Waals surface area contributed by atoms with E-state index in [4.69, 9.17) is 5.11 Å². The first kappa shape index (κ1) is 13.2. The molecule has 0 spiro atoms. The molecule has 0 saturated heterocycles. The first-order valence-corrected chi connectivity index (χ1v) is 7.00. The van der Waals surface area contributed by atoms with Gasteiger partial charge in [-0.3, -0.25) is 0 Å². The van der Waals surface area contributed by atoms with Crippen LogP contribution in [-0.2, 0) is 6.42 Å². The predicted molar refractivity (Wildman–Crippen MR) is 77.3 cm³/mol. The molecule has 18 heavy (non-hydrogen) atoms. The van der Waals surface area contributed by atoms with Crippen LogP contribution in [0.15, 0.2) is 12.1 Å². The lowest BCUT2D eigenvalue weighted by Crippen LogP contribution is -1.93. The number of aryl methyl sites for hydroxylation is 4. The molecule has 1 N–H and O–H groups in total. The molecule has 1 aromatic carbocycles. The van der Waals surface area contributed by atoms with Gasteiger partial charge in [-0.1, -0.05) is 17.7 Å². The fourth-order valence-electron chi connectivity index (χ4n) is 2.44. The lowest BCUT2D eigenvalue weighted by Gasteiger charge is -2.10. The maximum absolute atomic E-state index is 9.00. The molecule has 3 heteroatoms. The minimum atomic E-state index is 0.165. The van der Waals surface area contributed by atoms with Gasteiger partial charge in [-0.05, 0) is 38.8 Å². The molecule has 96 valence electrons. The van der Waals surface area contributed by atoms with Crippen LogP contribution in [0.3, 0.4) is 0 Å². The molecule has 0 aliphatic rings. The van der Waals surface area contributed by atoms with Crippen molar-refractivity contribution in [1.29, 1.82) is 0 Å². The van der Waals surface area contributed by atoms with Crippen molar-refractivity contribution in [1.82, 2.24) is 4.98 Å². The zero-order valence-electron chi connectivity index (χ0n) is 11.4. The smallest absolute Gasteiger partial charge is 0.0958 e. The summed E-state index contributed by atoms with van der Waals surface area (Å²) in [6, 6.07) is 4.40. The Morgan fingerprint density at radius 2 is 1.72 bits per heavy atom. The molecule has 0 aliphatic heterocycles. The number of nitrogens with zero attached hydrogens (tertiary/aromatic N) is 1. The number of aliphatic hydroxyl groups is 1. The summed E-state index contributed by atoms with van der Waals surface area (Å²) in [5.41, 5.74) is 6.17. The van der Waals surface area contributed by atoms with Gasteiger partial charge >= 0.3 is 0 Å². The van der Waals surface area contributed by atoms with E-state index < -0.39 is 0 Å². The number of hydrogen-bond donors (Lipinski definition) is 1. The molecule has 1 aromatic heterocycles. The summed E-state index contributed by atoms with van der Waals surface area (Å²) >= 11 is 1.68. The summed E-state index contributed by atoms with van der Waals surface area (Å²) in [7, 11) is 0. The summed E-state index contributed by atoms with van der Waals surface area (Å²) < 4.78 is 0. The minimum absolute atomic E-state index is 0.165. The van der Waals surface area contributed by atoms with Gasteiger partial charge in [0.15, 0.2) is 0 Å². The third kappa shape index (κ3) is 2.47. The van der Waals surface area contributed by atoms with E-state index in [0.717, 1.165) is 10.7 Å². The zero-order chi connectivity index (χ0) is 13.3. The van der Waals surface area contributed by atoms with Crippen LogP contribution in [0.2, 0.25) is 0 Å². The second kappa shape index (κ2) is 5.21. The number of thiazole rings is 1. The Labute approximate surface area is 112 Å². The first-order chi connectivity index (χ1) is 8.52. The Hall–Kier alpha value is -1.19. The van der Waals surface area contributed by atoms with Gasteiger partial charge in [0.2, 0.25) is 0 Å². The number of aliphatic hydroxyl groups excluding tert-OH is 1. The Morgan fingerprint density at radius 3 is 2.28 bits per heavy atom. The topological polar surface area (TPSA) is 33.1 Å². The zero-order valence-corrected chi connectivity index (χ0v) is 12.2. The molecule has 0 bridgehead atoms. The van der Waals surface area contributed by atoms with Crippen LogP contribution < -0.4 is 0 Å². The van der Waals surface area contributed by atoms with E-state index in [-0.39, 0.29) is 6.61 Å². The second-order valence-corrected chi connectivity index (χ2v) is 6.05. The van der Waals surface area contributed by atoms with Crippen molar-refractivity contribution in [2.45, 2.75) is 34.1 Å². The molecule has 2 nitrogen and oxygen atoms in total. The lowest BCUT2D eigenvalue weighted by molar-refractivity contribution is 0.299. The third-order valence-corrected chi connectivity index (χ3v) is 4.11. The molecule has 0 aliphatic carbocycles. The Kier molecular flexibility index (Phi) is 3.83. The van der Waals surface area contributed by atoms with Gasteiger partial charge in [-0.25, -0.2) is 4.98 Å². The molecule has 0 saturated carbocycles. The molecule has 0 unspecified atom stereocenters. The van der Waals surface area contributed by atoms with E-state index >= 15 is 0 Å². The molecular formula is C15H19NOS. The average molecular weight is 261 g/mol. The van der Waals surface area contributed by atoms with Crippen molar-refractivity contribution in [2.24, 2.45) is 0 Å². The van der Waals surface area contributed by atoms with Crippen molar-refractivity contribution in [3.05, 3.63) is 38.7 Å². The maximum atomic E-state index is 9.00. The third-order valence-electron chi connectivity index (χ3n) is 3.08. The van der Waals surface area contributed by atoms with Crippen molar-refractivity contribution < 1.29 is 5.11 Å². The van der Waals surface area contributed by atoms with Crippen LogP contribution in [0.5, 0.6) is 0 Å². The number of aromatic nitrogens is 1. The van der Waals surface area contributed by atoms with Gasteiger partial charge in [0.1, 0.15) is 0 Å². The maximum Gasteiger partial charge on any atom is 0.0958 e. The van der Waals surface area contributed by atoms with Crippen LogP contribution in [0, 0.1) is 27.7 Å². The van der Waals surface area contributed by atoms with Gasteiger partial charge in [-0.15, -0.1) is 11.3 Å². The fourth-order valence-corrected chi connectivity index (χ4v) is 3.37. The SMILES string of the molecule is Cc1cc(C)c(-c2nc(CCO)sc2C)c(C)c1. The molecule has 2 rings (SSSR count). The van der Waals surface area contributed by atoms with E-state index in [2.05, 4.69) is 44.8 Å². The monoisotopic (exact) mass is 261 g/mol. The molecular weight excluding hydrogens is 242 g/mol. The standard InChI is InChI=1S/C15H19NOS/c1-9-7-10(2)14(11(3)8-9)15-12(4)18-13(16-15)5-6-17/h7-8,17H,5-6H2,1-4H3. The van der Waals surface area contributed by atoms with Gasteiger partial charge in [-0.2, -0.15) is 0 Å². The van der Waals surface area contributed by atoms with E-state index in [1.165, 1.54) is 27.1 Å². The fraction of sp³-hybridized carbons (Fsp3) is 0.400. The summed E-state index contributed by atoms with van der Waals surface area (Å²) in [5.74, 6) is 0. The van der Waals surface area contributed by atoms with Gasteiger partial charge in [0.05, 0.1) is 10.7 Å². The highest BCUT2D eigenvalue weighted by molar-refractivity contribution is 7.12. The highest BCUT2D eigenvalue weighted by atomic mass is 32.1. The van der Waals surface area contributed by atoms with Gasteiger partial charge < -0.3 is 5.11 Å². The Balaban J connectivity index is 2.55. The van der Waals surface area contributed by atoms with Gasteiger partial charge in [0, 0.05) is 23.5 Å². The Bertz CT molecular complexity index is 549. The molecule has 0 fully saturated rings. The summed E-state index contributed by atoms with van der Waals surface area (Å²) in [6.07, 6.45) is 0.648. The number of hydrogen-bond acceptors (Lipinski definition) is 3. The van der Waals surface area contributed by atoms with E-state index in [1.807, 2.05) is 0 Å². The molecule has 2 aromatic rings. The number of rotatable bonds is 3. The normalized spacial score (nSPS) is 10.9. The second-order valence-electron chi connectivity index (χ2n) is 4.76. The van der Waals surface area contributed by atoms with Gasteiger partial charge in [0.25, 0.3) is 0 Å². The van der Waals surface area contributed by atoms with Crippen molar-refractivity contribution >= 4 is 11.3 Å². The van der Waals surface area contributed by atoms with Crippen molar-refractivity contribution in [2.75, 3.05) is 6.61 Å². The predicted octanol–water partition coefficient (Wildman–Crippen LogP) is 3.58. The van der Waals surface area contributed by atoms with Crippen LogP contribution >= 0.6 is 11.3 Å². The highest BCUT2D eigenvalue weighted by Gasteiger charge is 2.14. The average Bonchev–Trinajstić information content (AvgIpc) is 2.59. The summed E-state index contributed by atoms with van der Waals surface area (Å²) in [4.78, 5) is 5.91. The van der Waals surface area contributed by atoms with E-state index in [1.54, 1.807) is 11.3 Å². The molecule has 0 atom stereocenters. The van der Waals surface area contributed by atoms with Crippen LogP contribution in [0.25, 0.3) is 11.3 Å². The summed E-state index contributed by atoms with van der Waals surface area (Å²) in [5, 5.41) is 10.0. The molecule has 0 amide bonds. The molecule has 1 heterocycles.